The van der Waals surface area contributed by atoms with E-state index < -0.39 is 0 Å². The van der Waals surface area contributed by atoms with E-state index in [9.17, 15) is 5.11 Å². The highest BCUT2D eigenvalue weighted by Crippen LogP contribution is 2.77. The maximum atomic E-state index is 10.8. The smallest absolute Gasteiger partial charge is 0.119 e. The fourth-order valence-corrected chi connectivity index (χ4v) is 6.25. The largest absolute Gasteiger partial charge is 0.512 e. The van der Waals surface area contributed by atoms with Gasteiger partial charge in [-0.1, -0.05) is 12.1 Å². The molecule has 3 nitrogen and oxygen atoms in total. The highest BCUT2D eigenvalue weighted by molar-refractivity contribution is 5.70. The summed E-state index contributed by atoms with van der Waals surface area (Å²) in [5.74, 6) is 1.54. The molecule has 2 saturated carbocycles. The molecule has 3 unspecified atom stereocenters. The number of likely N-dealkylation sites (tertiary alicyclic amines) is 1. The van der Waals surface area contributed by atoms with Crippen molar-refractivity contribution in [1.29, 1.82) is 0 Å². The fourth-order valence-electron chi connectivity index (χ4n) is 6.25. The van der Waals surface area contributed by atoms with Gasteiger partial charge in [0.15, 0.2) is 0 Å². The first-order chi connectivity index (χ1) is 11.1. The Morgan fingerprint density at radius 3 is 2.78 bits per heavy atom. The summed E-state index contributed by atoms with van der Waals surface area (Å²) in [4.78, 5) is 2.49. The summed E-state index contributed by atoms with van der Waals surface area (Å²) in [6, 6.07) is 7.07. The summed E-state index contributed by atoms with van der Waals surface area (Å²) < 4.78 is 5.49. The molecule has 1 aliphatic heterocycles. The quantitative estimate of drug-likeness (QED) is 0.810. The second-order valence-electron chi connectivity index (χ2n) is 8.27. The minimum Gasteiger partial charge on any atom is -0.512 e. The molecule has 4 aliphatic carbocycles. The van der Waals surface area contributed by atoms with Crippen molar-refractivity contribution in [2.75, 3.05) is 20.7 Å². The zero-order chi connectivity index (χ0) is 15.6. The minimum absolute atomic E-state index is 0.0230. The number of methoxy groups -OCH3 is 1. The Balaban J connectivity index is 1.63. The average molecular weight is 307 g/mol. The SMILES string of the molecule is COc1ccc2c(c1)C13C=C(O)C4(C=C1C1N(C)CC13C2)CC4. The molecule has 1 heterocycles. The van der Waals surface area contributed by atoms with Gasteiger partial charge in [-0.05, 0) is 61.2 Å². The van der Waals surface area contributed by atoms with E-state index in [2.05, 4.69) is 42.3 Å². The molecule has 1 N–H and O–H groups in total. The van der Waals surface area contributed by atoms with Crippen LogP contribution in [0.1, 0.15) is 24.0 Å². The first kappa shape index (κ1) is 12.7. The van der Waals surface area contributed by atoms with E-state index in [-0.39, 0.29) is 16.2 Å². The monoisotopic (exact) mass is 307 g/mol. The van der Waals surface area contributed by atoms with Crippen molar-refractivity contribution < 1.29 is 9.84 Å². The minimum atomic E-state index is -0.0774. The van der Waals surface area contributed by atoms with E-state index in [4.69, 9.17) is 4.74 Å². The van der Waals surface area contributed by atoms with Crippen LogP contribution in [-0.2, 0) is 11.8 Å². The molecule has 0 amide bonds. The van der Waals surface area contributed by atoms with Gasteiger partial charge < -0.3 is 9.84 Å². The maximum Gasteiger partial charge on any atom is 0.119 e. The van der Waals surface area contributed by atoms with Crippen LogP contribution in [0.15, 0.2) is 41.7 Å². The van der Waals surface area contributed by atoms with Crippen molar-refractivity contribution in [3.8, 4) is 5.75 Å². The predicted molar refractivity (Wildman–Crippen MR) is 87.7 cm³/mol. The number of piperidine rings is 1. The second-order valence-corrected chi connectivity index (χ2v) is 8.27. The molecule has 6 rings (SSSR count). The number of hydrogen-bond donors (Lipinski definition) is 1. The molecule has 1 aromatic carbocycles. The van der Waals surface area contributed by atoms with Gasteiger partial charge in [-0.25, -0.2) is 0 Å². The normalized spacial score (nSPS) is 40.7. The van der Waals surface area contributed by atoms with Crippen LogP contribution in [-0.4, -0.2) is 36.8 Å². The Hall–Kier alpha value is -1.74. The van der Waals surface area contributed by atoms with E-state index >= 15 is 0 Å². The molecular formula is C20H21NO2. The average Bonchev–Trinajstić information content (AvgIpc) is 3.26. The standard InChI is InChI=1S/C20H21NO2/c1-21-11-19-8-12-3-4-13(23-2)7-14(12)20(19)10-16(22)18(5-6-18)9-15(20)17(19)21/h3-4,7,9-10,17,22H,5-6,8,11H2,1-2H3. The second kappa shape index (κ2) is 3.36. The van der Waals surface area contributed by atoms with Gasteiger partial charge in [0.05, 0.1) is 12.9 Å². The van der Waals surface area contributed by atoms with Gasteiger partial charge in [-0.2, -0.15) is 0 Å². The first-order valence-electron chi connectivity index (χ1n) is 8.60. The molecule has 0 radical (unpaired) electrons. The lowest BCUT2D eigenvalue weighted by atomic mass is 9.38. The van der Waals surface area contributed by atoms with E-state index in [0.717, 1.165) is 31.6 Å². The van der Waals surface area contributed by atoms with Gasteiger partial charge in [0.1, 0.15) is 5.75 Å². The van der Waals surface area contributed by atoms with Crippen molar-refractivity contribution in [2.45, 2.75) is 30.7 Å². The highest BCUT2D eigenvalue weighted by atomic mass is 16.5. The number of fused-ring (bicyclic) bond motifs is 2. The van der Waals surface area contributed by atoms with Gasteiger partial charge in [0.25, 0.3) is 0 Å². The van der Waals surface area contributed by atoms with Gasteiger partial charge in [0.2, 0.25) is 0 Å². The van der Waals surface area contributed by atoms with Gasteiger partial charge >= 0.3 is 0 Å². The van der Waals surface area contributed by atoms with Crippen LogP contribution in [0.5, 0.6) is 5.75 Å². The van der Waals surface area contributed by atoms with E-state index in [1.807, 2.05) is 0 Å². The predicted octanol–water partition coefficient (Wildman–Crippen LogP) is 2.97. The van der Waals surface area contributed by atoms with Gasteiger partial charge in [-0.15, -0.1) is 0 Å². The number of allylic oxidation sites excluding steroid dienone is 2. The van der Waals surface area contributed by atoms with E-state index in [1.165, 1.54) is 16.7 Å². The third-order valence-corrected chi connectivity index (χ3v) is 7.36. The third-order valence-electron chi connectivity index (χ3n) is 7.36. The van der Waals surface area contributed by atoms with E-state index in [0.29, 0.717) is 11.8 Å². The Bertz CT molecular complexity index is 834. The van der Waals surface area contributed by atoms with Crippen molar-refractivity contribution in [3.05, 3.63) is 52.8 Å². The number of likely N-dealkylation sites (N-methyl/N-ethyl adjacent to an activating group) is 1. The topological polar surface area (TPSA) is 32.7 Å². The van der Waals surface area contributed by atoms with Crippen LogP contribution < -0.4 is 4.74 Å². The molecule has 3 heteroatoms. The zero-order valence-corrected chi connectivity index (χ0v) is 13.6. The molecule has 3 fully saturated rings. The van der Waals surface area contributed by atoms with Crippen LogP contribution >= 0.6 is 0 Å². The lowest BCUT2D eigenvalue weighted by molar-refractivity contribution is -0.128. The molecule has 118 valence electrons. The van der Waals surface area contributed by atoms with Crippen LogP contribution in [0, 0.1) is 10.8 Å². The van der Waals surface area contributed by atoms with Crippen LogP contribution in [0.3, 0.4) is 0 Å². The lowest BCUT2D eigenvalue weighted by Gasteiger charge is -2.74. The van der Waals surface area contributed by atoms with Gasteiger partial charge in [-0.3, -0.25) is 4.90 Å². The van der Waals surface area contributed by atoms with Crippen LogP contribution in [0.2, 0.25) is 0 Å². The molecule has 3 atom stereocenters. The molecule has 0 aromatic heterocycles. The molecule has 0 bridgehead atoms. The lowest BCUT2D eigenvalue weighted by Crippen LogP contribution is -2.81. The van der Waals surface area contributed by atoms with Crippen LogP contribution in [0.4, 0.5) is 0 Å². The maximum absolute atomic E-state index is 10.8. The van der Waals surface area contributed by atoms with Crippen molar-refractivity contribution in [2.24, 2.45) is 10.8 Å². The number of aliphatic hydroxyl groups is 1. The molecule has 1 aromatic rings. The Morgan fingerprint density at radius 2 is 2.09 bits per heavy atom. The Labute approximate surface area is 136 Å². The number of aliphatic hydroxyl groups excluding tert-OH is 1. The zero-order valence-electron chi connectivity index (χ0n) is 13.6. The summed E-state index contributed by atoms with van der Waals surface area (Å²) in [5, 5.41) is 10.8. The molecule has 5 aliphatic rings. The number of benzene rings is 1. The molecular weight excluding hydrogens is 286 g/mol. The summed E-state index contributed by atoms with van der Waals surface area (Å²) in [7, 11) is 3.97. The number of nitrogens with zero attached hydrogens (tertiary/aromatic N) is 1. The van der Waals surface area contributed by atoms with E-state index in [1.54, 1.807) is 7.11 Å². The molecule has 3 spiro atoms. The summed E-state index contributed by atoms with van der Waals surface area (Å²) in [5.41, 5.74) is 4.50. The number of ether oxygens (including phenoxy) is 1. The fraction of sp³-hybridized carbons (Fsp3) is 0.500. The van der Waals surface area contributed by atoms with Crippen molar-refractivity contribution in [1.82, 2.24) is 4.90 Å². The molecule has 23 heavy (non-hydrogen) atoms. The highest BCUT2D eigenvalue weighted by Gasteiger charge is 2.79. The summed E-state index contributed by atoms with van der Waals surface area (Å²) in [6.07, 6.45) is 7.97. The van der Waals surface area contributed by atoms with Gasteiger partial charge in [0, 0.05) is 28.8 Å². The van der Waals surface area contributed by atoms with Crippen LogP contribution in [0.25, 0.3) is 0 Å². The third kappa shape index (κ3) is 1.08. The number of rotatable bonds is 1. The van der Waals surface area contributed by atoms with Crippen molar-refractivity contribution in [3.63, 3.8) is 0 Å². The summed E-state index contributed by atoms with van der Waals surface area (Å²) >= 11 is 0. The Kier molecular flexibility index (Phi) is 1.85. The summed E-state index contributed by atoms with van der Waals surface area (Å²) in [6.45, 7) is 1.11. The van der Waals surface area contributed by atoms with Crippen molar-refractivity contribution >= 4 is 0 Å². The first-order valence-corrected chi connectivity index (χ1v) is 8.60. The number of hydrogen-bond acceptors (Lipinski definition) is 3. The Morgan fingerprint density at radius 1 is 1.26 bits per heavy atom. The molecule has 1 saturated heterocycles.